The highest BCUT2D eigenvalue weighted by Crippen LogP contribution is 2.12. The average Bonchev–Trinajstić information content (AvgIpc) is 2.02. The Labute approximate surface area is 85.9 Å². The van der Waals surface area contributed by atoms with Gasteiger partial charge in [-0.15, -0.1) is 0 Å². The van der Waals surface area contributed by atoms with E-state index in [0.717, 1.165) is 17.0 Å². The Kier molecular flexibility index (Phi) is 2.94. The normalized spacial score (nSPS) is 13.0. The number of hydrogen-bond donors (Lipinski definition) is 1. The van der Waals surface area contributed by atoms with Gasteiger partial charge in [-0.2, -0.15) is 0 Å². The van der Waals surface area contributed by atoms with Crippen LogP contribution in [-0.4, -0.2) is 11.3 Å². The van der Waals surface area contributed by atoms with Gasteiger partial charge < -0.3 is 5.73 Å². The van der Waals surface area contributed by atoms with E-state index in [-0.39, 0.29) is 5.54 Å². The van der Waals surface area contributed by atoms with Gasteiger partial charge in [0.25, 0.3) is 0 Å². The second-order valence-electron chi connectivity index (χ2n) is 4.49. The molecule has 2 nitrogen and oxygen atoms in total. The minimum absolute atomic E-state index is 0.0224. The molecule has 0 radical (unpaired) electrons. The summed E-state index contributed by atoms with van der Waals surface area (Å²) in [5.74, 6) is 0. The maximum absolute atomic E-state index is 5.61. The number of rotatable bonds is 1. The average molecular weight is 190 g/mol. The van der Waals surface area contributed by atoms with E-state index >= 15 is 0 Å². The summed E-state index contributed by atoms with van der Waals surface area (Å²) in [4.78, 5) is 4.59. The molecule has 1 rings (SSSR count). The van der Waals surface area contributed by atoms with Crippen LogP contribution in [0.5, 0.6) is 0 Å². The summed E-state index contributed by atoms with van der Waals surface area (Å²) in [6.45, 7) is 8.30. The summed E-state index contributed by atoms with van der Waals surface area (Å²) in [5.41, 5.74) is 8.57. The summed E-state index contributed by atoms with van der Waals surface area (Å²) in [7, 11) is 0. The Morgan fingerprint density at radius 3 is 2.07 bits per heavy atom. The molecule has 0 aromatic heterocycles. The van der Waals surface area contributed by atoms with E-state index in [9.17, 15) is 0 Å². The molecule has 0 fully saturated rings. The topological polar surface area (TPSA) is 38.4 Å². The molecule has 1 aromatic carbocycles. The first-order chi connectivity index (χ1) is 6.38. The lowest BCUT2D eigenvalue weighted by atomic mass is 10.1. The van der Waals surface area contributed by atoms with E-state index in [2.05, 4.69) is 25.8 Å². The molecule has 0 aliphatic carbocycles. The molecule has 0 atom stereocenters. The molecule has 14 heavy (non-hydrogen) atoms. The monoisotopic (exact) mass is 190 g/mol. The van der Waals surface area contributed by atoms with Gasteiger partial charge in [0, 0.05) is 11.4 Å². The summed E-state index contributed by atoms with van der Waals surface area (Å²) in [6.07, 6.45) is 0. The maximum atomic E-state index is 5.61. The van der Waals surface area contributed by atoms with Crippen molar-refractivity contribution in [1.82, 2.24) is 0 Å². The highest BCUT2D eigenvalue weighted by Gasteiger charge is 2.08. The fourth-order valence-electron chi connectivity index (χ4n) is 1.29. The van der Waals surface area contributed by atoms with Gasteiger partial charge in [0.2, 0.25) is 0 Å². The first kappa shape index (κ1) is 10.8. The molecule has 1 aromatic rings. The molecule has 0 saturated carbocycles. The van der Waals surface area contributed by atoms with E-state index in [1.807, 2.05) is 31.2 Å². The van der Waals surface area contributed by atoms with Crippen molar-refractivity contribution in [3.8, 4) is 0 Å². The van der Waals surface area contributed by atoms with Crippen LogP contribution in [0.25, 0.3) is 0 Å². The van der Waals surface area contributed by atoms with Crippen molar-refractivity contribution < 1.29 is 0 Å². The minimum Gasteiger partial charge on any atom is -0.399 e. The van der Waals surface area contributed by atoms with Gasteiger partial charge in [-0.3, -0.25) is 4.99 Å². The SMILES string of the molecule is C/C(=N/C(C)(C)C)c1ccc(N)cc1. The number of benzene rings is 1. The van der Waals surface area contributed by atoms with E-state index in [0.29, 0.717) is 0 Å². The van der Waals surface area contributed by atoms with Gasteiger partial charge in [-0.05, 0) is 45.4 Å². The van der Waals surface area contributed by atoms with Crippen molar-refractivity contribution in [3.63, 3.8) is 0 Å². The zero-order valence-electron chi connectivity index (χ0n) is 9.33. The van der Waals surface area contributed by atoms with E-state index < -0.39 is 0 Å². The Morgan fingerprint density at radius 1 is 1.14 bits per heavy atom. The number of anilines is 1. The van der Waals surface area contributed by atoms with Gasteiger partial charge in [0.15, 0.2) is 0 Å². The van der Waals surface area contributed by atoms with Crippen LogP contribution in [0.3, 0.4) is 0 Å². The summed E-state index contributed by atoms with van der Waals surface area (Å²) in [5, 5.41) is 0. The number of hydrogen-bond acceptors (Lipinski definition) is 2. The lowest BCUT2D eigenvalue weighted by molar-refractivity contribution is 0.584. The number of nitrogen functional groups attached to an aromatic ring is 1. The molecule has 0 unspecified atom stereocenters. The molecule has 0 aliphatic rings. The van der Waals surface area contributed by atoms with Crippen molar-refractivity contribution in [2.75, 3.05) is 5.73 Å². The van der Waals surface area contributed by atoms with Crippen LogP contribution in [-0.2, 0) is 0 Å². The maximum Gasteiger partial charge on any atom is 0.0527 e. The number of nitrogens with two attached hydrogens (primary N) is 1. The van der Waals surface area contributed by atoms with Crippen LogP contribution in [0.2, 0.25) is 0 Å². The fourth-order valence-corrected chi connectivity index (χ4v) is 1.29. The second kappa shape index (κ2) is 3.82. The summed E-state index contributed by atoms with van der Waals surface area (Å²) in [6, 6.07) is 7.80. The summed E-state index contributed by atoms with van der Waals surface area (Å²) >= 11 is 0. The lowest BCUT2D eigenvalue weighted by Crippen LogP contribution is -2.13. The van der Waals surface area contributed by atoms with Crippen LogP contribution in [0.15, 0.2) is 29.3 Å². The highest BCUT2D eigenvalue weighted by atomic mass is 14.8. The Morgan fingerprint density at radius 2 is 1.64 bits per heavy atom. The van der Waals surface area contributed by atoms with E-state index in [4.69, 9.17) is 5.73 Å². The van der Waals surface area contributed by atoms with Crippen molar-refractivity contribution in [2.24, 2.45) is 4.99 Å². The van der Waals surface area contributed by atoms with Crippen molar-refractivity contribution in [1.29, 1.82) is 0 Å². The molecule has 0 amide bonds. The number of aliphatic imine (C=N–C) groups is 1. The van der Waals surface area contributed by atoms with Crippen LogP contribution in [0, 0.1) is 0 Å². The van der Waals surface area contributed by atoms with Crippen LogP contribution >= 0.6 is 0 Å². The summed E-state index contributed by atoms with van der Waals surface area (Å²) < 4.78 is 0. The van der Waals surface area contributed by atoms with E-state index in [1.54, 1.807) is 0 Å². The molecule has 0 spiro atoms. The zero-order chi connectivity index (χ0) is 10.8. The lowest BCUT2D eigenvalue weighted by Gasteiger charge is -2.14. The molecular weight excluding hydrogens is 172 g/mol. The van der Waals surface area contributed by atoms with Gasteiger partial charge >= 0.3 is 0 Å². The molecule has 0 saturated heterocycles. The molecule has 0 aliphatic heterocycles. The van der Waals surface area contributed by atoms with Gasteiger partial charge in [0.1, 0.15) is 0 Å². The Hall–Kier alpha value is -1.31. The zero-order valence-corrected chi connectivity index (χ0v) is 9.33. The third-order valence-corrected chi connectivity index (χ3v) is 1.83. The van der Waals surface area contributed by atoms with Crippen LogP contribution < -0.4 is 5.73 Å². The first-order valence-electron chi connectivity index (χ1n) is 4.81. The van der Waals surface area contributed by atoms with Crippen molar-refractivity contribution in [2.45, 2.75) is 33.2 Å². The Balaban J connectivity index is 2.95. The van der Waals surface area contributed by atoms with Crippen LogP contribution in [0.1, 0.15) is 33.3 Å². The third-order valence-electron chi connectivity index (χ3n) is 1.83. The molecular formula is C12H18N2. The van der Waals surface area contributed by atoms with Crippen molar-refractivity contribution >= 4 is 11.4 Å². The van der Waals surface area contributed by atoms with Crippen molar-refractivity contribution in [3.05, 3.63) is 29.8 Å². The second-order valence-corrected chi connectivity index (χ2v) is 4.49. The third kappa shape index (κ3) is 3.21. The predicted molar refractivity (Wildman–Crippen MR) is 62.8 cm³/mol. The molecule has 76 valence electrons. The van der Waals surface area contributed by atoms with Gasteiger partial charge in [-0.25, -0.2) is 0 Å². The molecule has 0 heterocycles. The quantitative estimate of drug-likeness (QED) is 0.536. The smallest absolute Gasteiger partial charge is 0.0527 e. The molecule has 0 bridgehead atoms. The predicted octanol–water partition coefficient (Wildman–Crippen LogP) is 2.88. The fraction of sp³-hybridized carbons (Fsp3) is 0.417. The first-order valence-corrected chi connectivity index (χ1v) is 4.81. The Bertz CT molecular complexity index is 328. The number of nitrogens with zero attached hydrogens (tertiary/aromatic N) is 1. The van der Waals surface area contributed by atoms with E-state index in [1.165, 1.54) is 0 Å². The van der Waals surface area contributed by atoms with Gasteiger partial charge in [-0.1, -0.05) is 12.1 Å². The highest BCUT2D eigenvalue weighted by molar-refractivity contribution is 5.99. The standard InChI is InChI=1S/C12H18N2/c1-9(14-12(2,3)4)10-5-7-11(13)8-6-10/h5-8H,13H2,1-4H3/b14-9-. The van der Waals surface area contributed by atoms with Gasteiger partial charge in [0.05, 0.1) is 5.54 Å². The minimum atomic E-state index is -0.0224. The molecule has 2 N–H and O–H groups in total. The largest absolute Gasteiger partial charge is 0.399 e. The molecule has 2 heteroatoms. The van der Waals surface area contributed by atoms with Crippen LogP contribution in [0.4, 0.5) is 5.69 Å².